The molecule has 3 heteroatoms. The Balaban J connectivity index is 1.64. The van der Waals surface area contributed by atoms with E-state index in [0.717, 1.165) is 27.9 Å². The molecule has 0 spiro atoms. The second kappa shape index (κ2) is 8.52. The first-order chi connectivity index (χ1) is 12.7. The van der Waals surface area contributed by atoms with Crippen LogP contribution in [0.15, 0.2) is 72.9 Å². The van der Waals surface area contributed by atoms with Crippen LogP contribution in [0.3, 0.4) is 0 Å². The van der Waals surface area contributed by atoms with Gasteiger partial charge in [-0.25, -0.2) is 0 Å². The number of aromatic nitrogens is 1. The fourth-order valence-corrected chi connectivity index (χ4v) is 3.10. The van der Waals surface area contributed by atoms with Crippen molar-refractivity contribution in [2.24, 2.45) is 0 Å². The van der Waals surface area contributed by atoms with Gasteiger partial charge in [-0.15, -0.1) is 0 Å². The van der Waals surface area contributed by atoms with Crippen LogP contribution >= 0.6 is 0 Å². The second-order valence-corrected chi connectivity index (χ2v) is 6.56. The molecular formula is C23H22FNO. The summed E-state index contributed by atoms with van der Waals surface area (Å²) in [7, 11) is 0. The fraction of sp³-hybridized carbons (Fsp3) is 0.217. The molecule has 132 valence electrons. The van der Waals surface area contributed by atoms with E-state index in [1.807, 2.05) is 73.7 Å². The molecule has 1 atom stereocenters. The molecule has 2 aromatic carbocycles. The number of aryl methyl sites for hydroxylation is 1. The average molecular weight is 347 g/mol. The first-order valence-corrected chi connectivity index (χ1v) is 8.80. The number of hydrogen-bond donors (Lipinski definition) is 0. The zero-order chi connectivity index (χ0) is 18.4. The number of carbonyl (C=O) groups excluding carboxylic acids is 1. The summed E-state index contributed by atoms with van der Waals surface area (Å²) in [6.07, 6.45) is 2.35. The maximum atomic E-state index is 13.4. The van der Waals surface area contributed by atoms with E-state index in [1.165, 1.54) is 0 Å². The topological polar surface area (TPSA) is 30.0 Å². The van der Waals surface area contributed by atoms with Crippen LogP contribution in [0.25, 0.3) is 11.1 Å². The van der Waals surface area contributed by atoms with Crippen molar-refractivity contribution in [2.75, 3.05) is 6.67 Å². The minimum Gasteiger partial charge on any atom is -0.299 e. The van der Waals surface area contributed by atoms with Gasteiger partial charge in [0.1, 0.15) is 5.78 Å². The predicted octanol–water partition coefficient (Wildman–Crippen LogP) is 5.31. The van der Waals surface area contributed by atoms with Crippen LogP contribution in [-0.2, 0) is 11.2 Å². The molecule has 0 amide bonds. The van der Waals surface area contributed by atoms with Crippen molar-refractivity contribution in [2.45, 2.75) is 25.7 Å². The third-order valence-electron chi connectivity index (χ3n) is 4.52. The Bertz CT molecular complexity index is 859. The van der Waals surface area contributed by atoms with Gasteiger partial charge in [0.05, 0.1) is 6.67 Å². The number of benzene rings is 2. The maximum Gasteiger partial charge on any atom is 0.137 e. The molecule has 0 fully saturated rings. The maximum absolute atomic E-state index is 13.4. The summed E-state index contributed by atoms with van der Waals surface area (Å²) in [5, 5.41) is 0. The summed E-state index contributed by atoms with van der Waals surface area (Å²) in [5.74, 6) is -0.299. The fourth-order valence-electron chi connectivity index (χ4n) is 3.10. The number of carbonyl (C=O) groups is 1. The van der Waals surface area contributed by atoms with Gasteiger partial charge in [0.2, 0.25) is 0 Å². The van der Waals surface area contributed by atoms with Crippen LogP contribution in [-0.4, -0.2) is 17.4 Å². The lowest BCUT2D eigenvalue weighted by atomic mass is 9.92. The summed E-state index contributed by atoms with van der Waals surface area (Å²) in [5.41, 5.74) is 5.01. The van der Waals surface area contributed by atoms with Gasteiger partial charge in [-0.05, 0) is 41.3 Å². The molecule has 0 saturated carbocycles. The third-order valence-corrected chi connectivity index (χ3v) is 4.52. The van der Waals surface area contributed by atoms with Crippen molar-refractivity contribution < 1.29 is 9.18 Å². The molecule has 0 bridgehead atoms. The van der Waals surface area contributed by atoms with Gasteiger partial charge in [-0.1, -0.05) is 54.6 Å². The Hall–Kier alpha value is -2.81. The van der Waals surface area contributed by atoms with Gasteiger partial charge in [0.15, 0.2) is 0 Å². The average Bonchev–Trinajstić information content (AvgIpc) is 2.67. The molecule has 3 rings (SSSR count). The van der Waals surface area contributed by atoms with Crippen molar-refractivity contribution in [3.8, 4) is 11.1 Å². The van der Waals surface area contributed by atoms with Gasteiger partial charge in [0, 0.05) is 30.7 Å². The molecule has 0 aliphatic carbocycles. The van der Waals surface area contributed by atoms with Crippen molar-refractivity contribution in [1.29, 1.82) is 0 Å². The number of nitrogens with zero attached hydrogens (tertiary/aromatic N) is 1. The summed E-state index contributed by atoms with van der Waals surface area (Å²) >= 11 is 0. The Morgan fingerprint density at radius 2 is 1.73 bits per heavy atom. The SMILES string of the molecule is Cc1cc(-c2ccc(CC(=O)CC(CF)c3ccccc3)cc2)ccn1. The van der Waals surface area contributed by atoms with E-state index in [9.17, 15) is 9.18 Å². The smallest absolute Gasteiger partial charge is 0.137 e. The van der Waals surface area contributed by atoms with Gasteiger partial charge >= 0.3 is 0 Å². The van der Waals surface area contributed by atoms with Crippen LogP contribution < -0.4 is 0 Å². The molecule has 0 radical (unpaired) electrons. The second-order valence-electron chi connectivity index (χ2n) is 6.56. The lowest BCUT2D eigenvalue weighted by Gasteiger charge is -2.13. The lowest BCUT2D eigenvalue weighted by molar-refractivity contribution is -0.118. The van der Waals surface area contributed by atoms with Gasteiger partial charge in [-0.2, -0.15) is 0 Å². The molecule has 0 N–H and O–H groups in total. The first-order valence-electron chi connectivity index (χ1n) is 8.80. The molecule has 1 heterocycles. The summed E-state index contributed by atoms with van der Waals surface area (Å²) in [6, 6.07) is 21.4. The van der Waals surface area contributed by atoms with Crippen molar-refractivity contribution in [1.82, 2.24) is 4.98 Å². The molecule has 3 aromatic rings. The zero-order valence-corrected chi connectivity index (χ0v) is 14.9. The van der Waals surface area contributed by atoms with Gasteiger partial charge in [-0.3, -0.25) is 14.2 Å². The highest BCUT2D eigenvalue weighted by Gasteiger charge is 2.16. The van der Waals surface area contributed by atoms with E-state index in [2.05, 4.69) is 4.98 Å². The van der Waals surface area contributed by atoms with Crippen molar-refractivity contribution >= 4 is 5.78 Å². The minimum atomic E-state index is -0.518. The molecule has 0 saturated heterocycles. The quantitative estimate of drug-likeness (QED) is 0.579. The van der Waals surface area contributed by atoms with E-state index in [-0.39, 0.29) is 18.1 Å². The number of ketones is 1. The zero-order valence-electron chi connectivity index (χ0n) is 14.9. The Morgan fingerprint density at radius 1 is 1.00 bits per heavy atom. The standard InChI is InChI=1S/C23H22FNO/c1-17-13-21(11-12-25-17)20-9-7-18(8-10-20)14-23(26)15-22(16-24)19-5-3-2-4-6-19/h2-13,22H,14-16H2,1H3. The summed E-state index contributed by atoms with van der Waals surface area (Å²) in [6.45, 7) is 1.45. The summed E-state index contributed by atoms with van der Waals surface area (Å²) < 4.78 is 13.4. The number of alkyl halides is 1. The van der Waals surface area contributed by atoms with Gasteiger partial charge in [0.25, 0.3) is 0 Å². The molecule has 0 aliphatic heterocycles. The predicted molar refractivity (Wildman–Crippen MR) is 103 cm³/mol. The number of Topliss-reactive ketones (excluding diaryl/α,β-unsaturated/α-hetero) is 1. The molecule has 1 aromatic heterocycles. The monoisotopic (exact) mass is 347 g/mol. The number of halogens is 1. The largest absolute Gasteiger partial charge is 0.299 e. The van der Waals surface area contributed by atoms with Gasteiger partial charge < -0.3 is 0 Å². The molecule has 26 heavy (non-hydrogen) atoms. The van der Waals surface area contributed by atoms with Crippen LogP contribution in [0.2, 0.25) is 0 Å². The van der Waals surface area contributed by atoms with Crippen LogP contribution in [0.1, 0.15) is 29.2 Å². The van der Waals surface area contributed by atoms with Crippen LogP contribution in [0.5, 0.6) is 0 Å². The van der Waals surface area contributed by atoms with Crippen molar-refractivity contribution in [3.63, 3.8) is 0 Å². The van der Waals surface area contributed by atoms with E-state index >= 15 is 0 Å². The van der Waals surface area contributed by atoms with Crippen molar-refractivity contribution in [3.05, 3.63) is 89.7 Å². The minimum absolute atomic E-state index is 0.0593. The highest BCUT2D eigenvalue weighted by atomic mass is 19.1. The number of rotatable bonds is 7. The van der Waals surface area contributed by atoms with E-state index in [1.54, 1.807) is 6.20 Å². The molecule has 2 nitrogen and oxygen atoms in total. The molecule has 0 aliphatic rings. The molecular weight excluding hydrogens is 325 g/mol. The normalized spacial score (nSPS) is 11.9. The third kappa shape index (κ3) is 4.63. The van der Waals surface area contributed by atoms with Crippen LogP contribution in [0.4, 0.5) is 4.39 Å². The lowest BCUT2D eigenvalue weighted by Crippen LogP contribution is -2.11. The Kier molecular flexibility index (Phi) is 5.90. The number of pyridine rings is 1. The number of hydrogen-bond acceptors (Lipinski definition) is 2. The van der Waals surface area contributed by atoms with E-state index < -0.39 is 6.67 Å². The Labute approximate surface area is 153 Å². The van der Waals surface area contributed by atoms with Crippen LogP contribution in [0, 0.1) is 6.92 Å². The first kappa shape index (κ1) is 18.0. The molecule has 1 unspecified atom stereocenters. The highest BCUT2D eigenvalue weighted by Crippen LogP contribution is 2.23. The Morgan fingerprint density at radius 3 is 2.38 bits per heavy atom. The summed E-state index contributed by atoms with van der Waals surface area (Å²) in [4.78, 5) is 16.6. The highest BCUT2D eigenvalue weighted by molar-refractivity contribution is 5.82. The van der Waals surface area contributed by atoms with E-state index in [4.69, 9.17) is 0 Å². The van der Waals surface area contributed by atoms with E-state index in [0.29, 0.717) is 6.42 Å².